The number of nitrogens with zero attached hydrogens (tertiary/aromatic N) is 2. The van der Waals surface area contributed by atoms with Crippen LogP contribution in [0.4, 0.5) is 5.69 Å². The summed E-state index contributed by atoms with van der Waals surface area (Å²) in [7, 11) is 0. The standard InChI is InChI=1S/C35H28N2/c1-34(27-18-8-3-9-19-27)33-36-31-25-15-14-24-30(31)32(26-16-6-2-7-17-26)37(33)35(34,28-20-10-4-11-21-28)29-22-12-5-13-23-29/h2-25,32H,1H3/t32-,34-/m1/s1. The highest BCUT2D eigenvalue weighted by molar-refractivity contribution is 6.06. The first-order valence-electron chi connectivity index (χ1n) is 13.0. The number of fused-ring (bicyclic) bond motifs is 2. The van der Waals surface area contributed by atoms with Crippen LogP contribution < -0.4 is 0 Å². The van der Waals surface area contributed by atoms with Crippen LogP contribution in [-0.4, -0.2) is 10.7 Å². The summed E-state index contributed by atoms with van der Waals surface area (Å²) < 4.78 is 0. The molecule has 2 heteroatoms. The zero-order valence-corrected chi connectivity index (χ0v) is 20.8. The van der Waals surface area contributed by atoms with Gasteiger partial charge in [-0.25, -0.2) is 4.99 Å². The van der Waals surface area contributed by atoms with Crippen molar-refractivity contribution >= 4 is 11.5 Å². The molecule has 0 amide bonds. The molecule has 2 aliphatic rings. The summed E-state index contributed by atoms with van der Waals surface area (Å²) in [6, 6.07) is 52.5. The number of rotatable bonds is 4. The molecular weight excluding hydrogens is 448 g/mol. The summed E-state index contributed by atoms with van der Waals surface area (Å²) in [4.78, 5) is 8.01. The zero-order valence-electron chi connectivity index (χ0n) is 20.8. The van der Waals surface area contributed by atoms with E-state index < -0.39 is 11.0 Å². The van der Waals surface area contributed by atoms with Crippen LogP contribution in [0.3, 0.4) is 0 Å². The Morgan fingerprint density at radius 3 is 1.57 bits per heavy atom. The number of hydrogen-bond donors (Lipinski definition) is 0. The second kappa shape index (κ2) is 8.31. The molecule has 5 aromatic carbocycles. The SMILES string of the molecule is C[C@@]1(c2ccccc2)C2=Nc3ccccc3[C@@H](c3ccccc3)N2C1(c1ccccc1)c1ccccc1. The van der Waals surface area contributed by atoms with Gasteiger partial charge < -0.3 is 4.90 Å². The molecule has 0 bridgehead atoms. The van der Waals surface area contributed by atoms with E-state index in [1.165, 1.54) is 27.8 Å². The van der Waals surface area contributed by atoms with Crippen molar-refractivity contribution in [2.45, 2.75) is 23.9 Å². The predicted octanol–water partition coefficient (Wildman–Crippen LogP) is 8.04. The molecule has 0 spiro atoms. The Morgan fingerprint density at radius 1 is 0.541 bits per heavy atom. The first kappa shape index (κ1) is 21.8. The molecule has 0 saturated carbocycles. The first-order chi connectivity index (χ1) is 18.3. The third kappa shape index (κ3) is 2.90. The van der Waals surface area contributed by atoms with E-state index in [2.05, 4.69) is 157 Å². The van der Waals surface area contributed by atoms with Crippen molar-refractivity contribution in [2.75, 3.05) is 0 Å². The Labute approximate surface area is 218 Å². The molecule has 37 heavy (non-hydrogen) atoms. The molecule has 2 atom stereocenters. The van der Waals surface area contributed by atoms with Crippen molar-refractivity contribution in [3.63, 3.8) is 0 Å². The van der Waals surface area contributed by atoms with E-state index in [9.17, 15) is 0 Å². The summed E-state index contributed by atoms with van der Waals surface area (Å²) >= 11 is 0. The highest BCUT2D eigenvalue weighted by atomic mass is 15.4. The molecule has 5 aromatic rings. The second-order valence-electron chi connectivity index (χ2n) is 10.1. The van der Waals surface area contributed by atoms with E-state index in [0.29, 0.717) is 0 Å². The smallest absolute Gasteiger partial charge is 0.120 e. The quantitative estimate of drug-likeness (QED) is 0.256. The Kier molecular flexibility index (Phi) is 4.90. The zero-order chi connectivity index (χ0) is 24.9. The Hall–Kier alpha value is -4.43. The minimum Gasteiger partial charge on any atom is -0.333 e. The maximum absolute atomic E-state index is 5.41. The fraction of sp³-hybridized carbons (Fsp3) is 0.114. The Balaban J connectivity index is 1.62. The van der Waals surface area contributed by atoms with Crippen LogP contribution in [0.5, 0.6) is 0 Å². The van der Waals surface area contributed by atoms with E-state index in [-0.39, 0.29) is 6.04 Å². The van der Waals surface area contributed by atoms with Gasteiger partial charge in [-0.15, -0.1) is 0 Å². The van der Waals surface area contributed by atoms with Crippen LogP contribution in [0.15, 0.2) is 151 Å². The van der Waals surface area contributed by atoms with E-state index in [1.54, 1.807) is 0 Å². The fourth-order valence-electron chi connectivity index (χ4n) is 6.76. The van der Waals surface area contributed by atoms with E-state index in [1.807, 2.05) is 0 Å². The maximum atomic E-state index is 5.41. The van der Waals surface area contributed by atoms with Crippen molar-refractivity contribution in [2.24, 2.45) is 4.99 Å². The number of para-hydroxylation sites is 1. The minimum atomic E-state index is -0.469. The lowest BCUT2D eigenvalue weighted by atomic mass is 9.51. The summed E-state index contributed by atoms with van der Waals surface area (Å²) in [5.41, 5.74) is 6.51. The van der Waals surface area contributed by atoms with Gasteiger partial charge in [-0.3, -0.25) is 0 Å². The van der Waals surface area contributed by atoms with Gasteiger partial charge in [-0.2, -0.15) is 0 Å². The third-order valence-corrected chi connectivity index (χ3v) is 8.33. The Morgan fingerprint density at radius 2 is 1.00 bits per heavy atom. The van der Waals surface area contributed by atoms with E-state index in [4.69, 9.17) is 4.99 Å². The molecule has 0 aromatic heterocycles. The third-order valence-electron chi connectivity index (χ3n) is 8.33. The molecule has 178 valence electrons. The average Bonchev–Trinajstić information content (AvgIpc) is 2.98. The highest BCUT2D eigenvalue weighted by Gasteiger charge is 2.71. The maximum Gasteiger partial charge on any atom is 0.120 e. The normalized spacial score (nSPS) is 21.3. The molecule has 0 radical (unpaired) electrons. The van der Waals surface area contributed by atoms with Crippen LogP contribution in [0.2, 0.25) is 0 Å². The van der Waals surface area contributed by atoms with Gasteiger partial charge in [0, 0.05) is 5.56 Å². The Bertz CT molecular complexity index is 1540. The number of aliphatic imine (C=N–C) groups is 1. The van der Waals surface area contributed by atoms with E-state index in [0.717, 1.165) is 11.5 Å². The van der Waals surface area contributed by atoms with Crippen molar-refractivity contribution in [3.8, 4) is 0 Å². The van der Waals surface area contributed by atoms with Gasteiger partial charge in [0.05, 0.1) is 17.1 Å². The number of benzene rings is 5. The molecule has 7 rings (SSSR count). The molecule has 0 unspecified atom stereocenters. The van der Waals surface area contributed by atoms with Crippen molar-refractivity contribution in [1.29, 1.82) is 0 Å². The summed E-state index contributed by atoms with van der Waals surface area (Å²) in [5.74, 6) is 1.11. The lowest BCUT2D eigenvalue weighted by Crippen LogP contribution is -2.78. The fourth-order valence-corrected chi connectivity index (χ4v) is 6.76. The largest absolute Gasteiger partial charge is 0.333 e. The van der Waals surface area contributed by atoms with Gasteiger partial charge >= 0.3 is 0 Å². The molecule has 1 fully saturated rings. The minimum absolute atomic E-state index is 0.0297. The van der Waals surface area contributed by atoms with Gasteiger partial charge in [0.25, 0.3) is 0 Å². The van der Waals surface area contributed by atoms with Crippen LogP contribution >= 0.6 is 0 Å². The molecule has 1 saturated heterocycles. The highest BCUT2D eigenvalue weighted by Crippen LogP contribution is 2.66. The van der Waals surface area contributed by atoms with Crippen LogP contribution in [0, 0.1) is 0 Å². The van der Waals surface area contributed by atoms with Gasteiger partial charge in [0.1, 0.15) is 11.4 Å². The molecule has 0 N–H and O–H groups in total. The second-order valence-corrected chi connectivity index (χ2v) is 10.1. The topological polar surface area (TPSA) is 15.6 Å². The number of hydrogen-bond acceptors (Lipinski definition) is 2. The average molecular weight is 477 g/mol. The monoisotopic (exact) mass is 476 g/mol. The summed E-state index contributed by atoms with van der Waals surface area (Å²) in [5, 5.41) is 0. The van der Waals surface area contributed by atoms with E-state index >= 15 is 0 Å². The van der Waals surface area contributed by atoms with Gasteiger partial charge in [0.15, 0.2) is 0 Å². The molecular formula is C35H28N2. The summed E-state index contributed by atoms with van der Waals surface area (Å²) in [6.07, 6.45) is 0. The molecule has 2 aliphatic heterocycles. The van der Waals surface area contributed by atoms with Crippen LogP contribution in [0.1, 0.15) is 40.8 Å². The van der Waals surface area contributed by atoms with Crippen molar-refractivity contribution < 1.29 is 0 Å². The van der Waals surface area contributed by atoms with Crippen LogP contribution in [0.25, 0.3) is 0 Å². The van der Waals surface area contributed by atoms with Crippen molar-refractivity contribution in [3.05, 3.63) is 173 Å². The predicted molar refractivity (Wildman–Crippen MR) is 151 cm³/mol. The molecule has 2 nitrogen and oxygen atoms in total. The van der Waals surface area contributed by atoms with Gasteiger partial charge in [0.2, 0.25) is 0 Å². The molecule has 0 aliphatic carbocycles. The number of amidine groups is 1. The first-order valence-corrected chi connectivity index (χ1v) is 13.0. The lowest BCUT2D eigenvalue weighted by molar-refractivity contribution is 0.0388. The van der Waals surface area contributed by atoms with Crippen LogP contribution in [-0.2, 0) is 11.0 Å². The lowest BCUT2D eigenvalue weighted by Gasteiger charge is -2.70. The van der Waals surface area contributed by atoms with Crippen molar-refractivity contribution in [1.82, 2.24) is 4.90 Å². The molecule has 2 heterocycles. The summed E-state index contributed by atoms with van der Waals surface area (Å²) in [6.45, 7) is 2.38. The van der Waals surface area contributed by atoms with Gasteiger partial charge in [-0.1, -0.05) is 140 Å². The van der Waals surface area contributed by atoms with Gasteiger partial charge in [-0.05, 0) is 35.2 Å².